The molecule has 0 radical (unpaired) electrons. The van der Waals surface area contributed by atoms with Crippen LogP contribution in [0.25, 0.3) is 0 Å². The average Bonchev–Trinajstić information content (AvgIpc) is 2.66. The molecule has 17 heavy (non-hydrogen) atoms. The Bertz CT molecular complexity index is 329. The van der Waals surface area contributed by atoms with Crippen molar-refractivity contribution in [2.75, 3.05) is 27.4 Å². The average molecular weight is 242 g/mol. The predicted octanol–water partition coefficient (Wildman–Crippen LogP) is -0.813. The number of aromatic nitrogens is 2. The van der Waals surface area contributed by atoms with Crippen LogP contribution in [0, 0.1) is 0 Å². The lowest BCUT2D eigenvalue weighted by atomic mass is 10.1. The molecule has 6 nitrogen and oxygen atoms in total. The van der Waals surface area contributed by atoms with Crippen molar-refractivity contribution < 1.29 is 9.84 Å². The second-order valence-electron chi connectivity index (χ2n) is 4.24. The standard InChI is InChI=1S/C11H22N4O2/c1-14-5-4-13-11(14)6-15(2)10(7-16)9(12)8-17-3/h4-5,9-10,16H,6-8,12H2,1-3H3. The fourth-order valence-corrected chi connectivity index (χ4v) is 1.79. The molecule has 6 heteroatoms. The maximum Gasteiger partial charge on any atom is 0.122 e. The highest BCUT2D eigenvalue weighted by molar-refractivity contribution is 4.92. The van der Waals surface area contributed by atoms with Crippen LogP contribution in [-0.2, 0) is 18.3 Å². The van der Waals surface area contributed by atoms with Gasteiger partial charge in [-0.3, -0.25) is 4.90 Å². The third-order valence-electron chi connectivity index (χ3n) is 2.92. The van der Waals surface area contributed by atoms with Gasteiger partial charge in [0.05, 0.1) is 25.8 Å². The Morgan fingerprint density at radius 3 is 2.82 bits per heavy atom. The number of aryl methyl sites for hydroxylation is 1. The summed E-state index contributed by atoms with van der Waals surface area (Å²) < 4.78 is 6.96. The van der Waals surface area contributed by atoms with Crippen molar-refractivity contribution in [1.29, 1.82) is 0 Å². The third-order valence-corrected chi connectivity index (χ3v) is 2.92. The first-order valence-electron chi connectivity index (χ1n) is 5.62. The first kappa shape index (κ1) is 14.1. The van der Waals surface area contributed by atoms with Crippen molar-refractivity contribution in [2.45, 2.75) is 18.6 Å². The van der Waals surface area contributed by atoms with Gasteiger partial charge in [-0.05, 0) is 7.05 Å². The van der Waals surface area contributed by atoms with Crippen molar-refractivity contribution in [3.05, 3.63) is 18.2 Å². The quantitative estimate of drug-likeness (QED) is 0.654. The lowest BCUT2D eigenvalue weighted by Gasteiger charge is -2.30. The largest absolute Gasteiger partial charge is 0.395 e. The molecule has 0 amide bonds. The maximum atomic E-state index is 9.39. The first-order chi connectivity index (χ1) is 8.10. The molecule has 1 heterocycles. The normalized spacial score (nSPS) is 15.2. The summed E-state index contributed by atoms with van der Waals surface area (Å²) in [5, 5.41) is 9.39. The second kappa shape index (κ2) is 6.70. The fourth-order valence-electron chi connectivity index (χ4n) is 1.79. The van der Waals surface area contributed by atoms with Gasteiger partial charge >= 0.3 is 0 Å². The Morgan fingerprint density at radius 2 is 2.35 bits per heavy atom. The van der Waals surface area contributed by atoms with Crippen LogP contribution in [0.15, 0.2) is 12.4 Å². The molecule has 1 rings (SSSR count). The zero-order valence-corrected chi connectivity index (χ0v) is 10.7. The smallest absolute Gasteiger partial charge is 0.122 e. The molecule has 0 aliphatic carbocycles. The lowest BCUT2D eigenvalue weighted by Crippen LogP contribution is -2.50. The van der Waals surface area contributed by atoms with Gasteiger partial charge in [0.15, 0.2) is 0 Å². The van der Waals surface area contributed by atoms with E-state index < -0.39 is 0 Å². The number of aliphatic hydroxyl groups excluding tert-OH is 1. The number of hydrogen-bond acceptors (Lipinski definition) is 5. The molecule has 2 unspecified atom stereocenters. The Morgan fingerprint density at radius 1 is 1.65 bits per heavy atom. The summed E-state index contributed by atoms with van der Waals surface area (Å²) in [5.41, 5.74) is 5.95. The van der Waals surface area contributed by atoms with E-state index in [1.54, 1.807) is 13.3 Å². The summed E-state index contributed by atoms with van der Waals surface area (Å²) in [5.74, 6) is 0.940. The molecular formula is C11H22N4O2. The van der Waals surface area contributed by atoms with Crippen LogP contribution in [0.3, 0.4) is 0 Å². The van der Waals surface area contributed by atoms with Crippen LogP contribution in [0.5, 0.6) is 0 Å². The van der Waals surface area contributed by atoms with Crippen molar-refractivity contribution >= 4 is 0 Å². The monoisotopic (exact) mass is 242 g/mol. The number of likely N-dealkylation sites (N-methyl/N-ethyl adjacent to an activating group) is 1. The molecular weight excluding hydrogens is 220 g/mol. The Hall–Kier alpha value is -0.950. The molecule has 0 saturated heterocycles. The molecule has 1 aromatic heterocycles. The number of aliphatic hydroxyl groups is 1. The molecule has 0 fully saturated rings. The van der Waals surface area contributed by atoms with Gasteiger partial charge in [-0.15, -0.1) is 0 Å². The van der Waals surface area contributed by atoms with Crippen molar-refractivity contribution in [3.8, 4) is 0 Å². The highest BCUT2D eigenvalue weighted by atomic mass is 16.5. The number of imidazole rings is 1. The highest BCUT2D eigenvalue weighted by Gasteiger charge is 2.22. The van der Waals surface area contributed by atoms with E-state index in [0.29, 0.717) is 13.2 Å². The lowest BCUT2D eigenvalue weighted by molar-refractivity contribution is 0.0799. The van der Waals surface area contributed by atoms with Crippen molar-refractivity contribution in [1.82, 2.24) is 14.5 Å². The SMILES string of the molecule is COCC(N)C(CO)N(C)Cc1nccn1C. The van der Waals surface area contributed by atoms with Crippen LogP contribution >= 0.6 is 0 Å². The van der Waals surface area contributed by atoms with Gasteiger partial charge < -0.3 is 20.1 Å². The van der Waals surface area contributed by atoms with E-state index in [0.717, 1.165) is 5.82 Å². The van der Waals surface area contributed by atoms with E-state index in [4.69, 9.17) is 10.5 Å². The Labute approximate surface area is 102 Å². The van der Waals surface area contributed by atoms with Gasteiger partial charge in [0.25, 0.3) is 0 Å². The molecule has 0 aliphatic rings. The van der Waals surface area contributed by atoms with E-state index in [-0.39, 0.29) is 18.7 Å². The zero-order valence-electron chi connectivity index (χ0n) is 10.7. The second-order valence-corrected chi connectivity index (χ2v) is 4.24. The highest BCUT2D eigenvalue weighted by Crippen LogP contribution is 2.06. The van der Waals surface area contributed by atoms with Gasteiger partial charge in [-0.1, -0.05) is 0 Å². The minimum Gasteiger partial charge on any atom is -0.395 e. The van der Waals surface area contributed by atoms with Crippen LogP contribution in [-0.4, -0.2) is 59.0 Å². The summed E-state index contributed by atoms with van der Waals surface area (Å²) in [6, 6.07) is -0.345. The van der Waals surface area contributed by atoms with Crippen LogP contribution in [0.4, 0.5) is 0 Å². The first-order valence-corrected chi connectivity index (χ1v) is 5.62. The maximum absolute atomic E-state index is 9.39. The molecule has 2 atom stereocenters. The fraction of sp³-hybridized carbons (Fsp3) is 0.727. The number of nitrogens with zero attached hydrogens (tertiary/aromatic N) is 3. The number of ether oxygens (including phenoxy) is 1. The minimum absolute atomic E-state index is 0.00541. The van der Waals surface area contributed by atoms with E-state index in [1.807, 2.05) is 29.8 Å². The number of methoxy groups -OCH3 is 1. The Kier molecular flexibility index (Phi) is 5.57. The summed E-state index contributed by atoms with van der Waals surface area (Å²) in [7, 11) is 5.47. The van der Waals surface area contributed by atoms with Gasteiger partial charge in [0, 0.05) is 32.6 Å². The van der Waals surface area contributed by atoms with E-state index >= 15 is 0 Å². The molecule has 1 aromatic rings. The van der Waals surface area contributed by atoms with Gasteiger partial charge in [0.1, 0.15) is 5.82 Å². The molecule has 0 bridgehead atoms. The minimum atomic E-state index is -0.213. The molecule has 0 saturated carbocycles. The van der Waals surface area contributed by atoms with E-state index in [9.17, 15) is 5.11 Å². The molecule has 0 aliphatic heterocycles. The summed E-state index contributed by atoms with van der Waals surface area (Å²) in [6.07, 6.45) is 3.65. The number of nitrogens with two attached hydrogens (primary N) is 1. The van der Waals surface area contributed by atoms with Crippen molar-refractivity contribution in [3.63, 3.8) is 0 Å². The van der Waals surface area contributed by atoms with Crippen molar-refractivity contribution in [2.24, 2.45) is 12.8 Å². The molecule has 98 valence electrons. The predicted molar refractivity (Wildman–Crippen MR) is 65.4 cm³/mol. The van der Waals surface area contributed by atoms with Crippen LogP contribution < -0.4 is 5.73 Å². The van der Waals surface area contributed by atoms with Gasteiger partial charge in [-0.25, -0.2) is 4.98 Å². The van der Waals surface area contributed by atoms with Crippen LogP contribution in [0.1, 0.15) is 5.82 Å². The third kappa shape index (κ3) is 3.78. The van der Waals surface area contributed by atoms with E-state index in [1.165, 1.54) is 0 Å². The zero-order chi connectivity index (χ0) is 12.8. The summed E-state index contributed by atoms with van der Waals surface area (Å²) in [6.45, 7) is 1.08. The summed E-state index contributed by atoms with van der Waals surface area (Å²) in [4.78, 5) is 6.24. The van der Waals surface area contributed by atoms with Gasteiger partial charge in [0.2, 0.25) is 0 Å². The number of hydrogen-bond donors (Lipinski definition) is 2. The van der Waals surface area contributed by atoms with Crippen LogP contribution in [0.2, 0.25) is 0 Å². The van der Waals surface area contributed by atoms with E-state index in [2.05, 4.69) is 4.98 Å². The van der Waals surface area contributed by atoms with Gasteiger partial charge in [-0.2, -0.15) is 0 Å². The number of rotatable bonds is 7. The topological polar surface area (TPSA) is 76.5 Å². The molecule has 3 N–H and O–H groups in total. The Balaban J connectivity index is 2.60. The molecule has 0 aromatic carbocycles. The summed E-state index contributed by atoms with van der Waals surface area (Å²) >= 11 is 0. The molecule has 0 spiro atoms.